The number of piperidine rings is 1. The van der Waals surface area contributed by atoms with Gasteiger partial charge in [0.15, 0.2) is 0 Å². The average molecular weight is 501 g/mol. The Balaban J connectivity index is 1.54. The minimum Gasteiger partial charge on any atom is -0.457 e. The van der Waals surface area contributed by atoms with Gasteiger partial charge in [-0.1, -0.05) is 41.9 Å². The molecule has 1 heterocycles. The van der Waals surface area contributed by atoms with Crippen molar-refractivity contribution < 1.29 is 22.8 Å². The van der Waals surface area contributed by atoms with Crippen molar-refractivity contribution in [3.63, 3.8) is 0 Å². The van der Waals surface area contributed by atoms with Gasteiger partial charge in [-0.15, -0.1) is 0 Å². The summed E-state index contributed by atoms with van der Waals surface area (Å²) in [6, 6.07) is 21.8. The standard InChI is InChI=1S/C25H25ClN2O5S/c26-21-9-11-22(12-10-21)32-23-13-15-24(16-14-23)34(30,31)28(19-20-7-3-1-4-8-20)33-25(29)27-17-5-2-6-18-27/h1,3-4,7-16H,2,5-6,17-19H2. The van der Waals surface area contributed by atoms with E-state index in [2.05, 4.69) is 0 Å². The number of amides is 1. The van der Waals surface area contributed by atoms with Gasteiger partial charge in [0.1, 0.15) is 11.5 Å². The van der Waals surface area contributed by atoms with Crippen molar-refractivity contribution in [3.05, 3.63) is 89.4 Å². The highest BCUT2D eigenvalue weighted by atomic mass is 35.5. The van der Waals surface area contributed by atoms with E-state index in [0.29, 0.717) is 35.2 Å². The normalized spacial score (nSPS) is 14.1. The molecule has 178 valence electrons. The zero-order valence-corrected chi connectivity index (χ0v) is 20.0. The Morgan fingerprint density at radius 2 is 1.44 bits per heavy atom. The highest BCUT2D eigenvalue weighted by Crippen LogP contribution is 2.26. The minimum atomic E-state index is -4.14. The lowest BCUT2D eigenvalue weighted by Crippen LogP contribution is -2.42. The van der Waals surface area contributed by atoms with Crippen LogP contribution < -0.4 is 4.74 Å². The molecule has 34 heavy (non-hydrogen) atoms. The van der Waals surface area contributed by atoms with Crippen molar-refractivity contribution in [1.82, 2.24) is 9.37 Å². The molecule has 0 saturated carbocycles. The number of halogens is 1. The van der Waals surface area contributed by atoms with E-state index in [0.717, 1.165) is 23.7 Å². The van der Waals surface area contributed by atoms with Crippen molar-refractivity contribution >= 4 is 27.7 Å². The number of sulfonamides is 1. The van der Waals surface area contributed by atoms with Gasteiger partial charge < -0.3 is 14.5 Å². The Kier molecular flexibility index (Phi) is 7.72. The molecule has 0 N–H and O–H groups in total. The number of hydroxylamine groups is 1. The van der Waals surface area contributed by atoms with Crippen LogP contribution >= 0.6 is 11.6 Å². The molecule has 3 aromatic carbocycles. The Morgan fingerprint density at radius 3 is 2.06 bits per heavy atom. The molecule has 0 bridgehead atoms. The Hall–Kier alpha value is -3.07. The third kappa shape index (κ3) is 6.08. The van der Waals surface area contributed by atoms with Gasteiger partial charge in [0.2, 0.25) is 0 Å². The summed E-state index contributed by atoms with van der Waals surface area (Å²) in [5, 5.41) is 0.589. The quantitative estimate of drug-likeness (QED) is 0.380. The number of hydrogen-bond donors (Lipinski definition) is 0. The summed E-state index contributed by atoms with van der Waals surface area (Å²) in [4.78, 5) is 19.7. The smallest absolute Gasteiger partial charge is 0.429 e. The van der Waals surface area contributed by atoms with E-state index in [1.807, 2.05) is 6.07 Å². The summed E-state index contributed by atoms with van der Waals surface area (Å²) in [5.74, 6) is 1.03. The minimum absolute atomic E-state index is 0.0154. The molecule has 9 heteroatoms. The van der Waals surface area contributed by atoms with Crippen LogP contribution in [0.25, 0.3) is 0 Å². The lowest BCUT2D eigenvalue weighted by Gasteiger charge is -2.28. The van der Waals surface area contributed by atoms with E-state index in [4.69, 9.17) is 21.2 Å². The van der Waals surface area contributed by atoms with Gasteiger partial charge >= 0.3 is 6.09 Å². The molecule has 7 nitrogen and oxygen atoms in total. The topological polar surface area (TPSA) is 76.1 Å². The molecule has 0 aromatic heterocycles. The highest BCUT2D eigenvalue weighted by molar-refractivity contribution is 7.89. The van der Waals surface area contributed by atoms with Gasteiger partial charge in [-0.25, -0.2) is 13.2 Å². The van der Waals surface area contributed by atoms with E-state index in [9.17, 15) is 13.2 Å². The van der Waals surface area contributed by atoms with Crippen LogP contribution in [-0.2, 0) is 21.4 Å². The third-order valence-electron chi connectivity index (χ3n) is 5.39. The van der Waals surface area contributed by atoms with Crippen LogP contribution in [-0.4, -0.2) is 37.0 Å². The fraction of sp³-hybridized carbons (Fsp3) is 0.240. The molecular weight excluding hydrogens is 476 g/mol. The fourth-order valence-corrected chi connectivity index (χ4v) is 4.88. The molecule has 0 atom stereocenters. The van der Waals surface area contributed by atoms with Crippen LogP contribution in [0.1, 0.15) is 24.8 Å². The summed E-state index contributed by atoms with van der Waals surface area (Å²) in [7, 11) is -4.14. The Bertz CT molecular complexity index is 1200. The van der Waals surface area contributed by atoms with E-state index in [1.54, 1.807) is 65.6 Å². The van der Waals surface area contributed by atoms with Crippen LogP contribution in [0.15, 0.2) is 83.8 Å². The highest BCUT2D eigenvalue weighted by Gasteiger charge is 2.31. The first kappa shape index (κ1) is 24.1. The molecule has 1 amide bonds. The summed E-state index contributed by atoms with van der Waals surface area (Å²) in [6.45, 7) is 0.995. The molecular formula is C25H25ClN2O5S. The van der Waals surface area contributed by atoms with Crippen LogP contribution in [0.4, 0.5) is 4.79 Å². The maximum atomic E-state index is 13.4. The van der Waals surface area contributed by atoms with Gasteiger partial charge in [-0.3, -0.25) is 0 Å². The summed E-state index contributed by atoms with van der Waals surface area (Å²) in [6.07, 6.45) is 2.12. The summed E-state index contributed by atoms with van der Waals surface area (Å²) in [5.41, 5.74) is 0.695. The molecule has 4 rings (SSSR count). The van der Waals surface area contributed by atoms with Gasteiger partial charge in [0, 0.05) is 18.1 Å². The predicted octanol–water partition coefficient (Wildman–Crippen LogP) is 5.86. The average Bonchev–Trinajstić information content (AvgIpc) is 2.86. The number of carbonyl (C=O) groups is 1. The zero-order chi connectivity index (χ0) is 24.0. The number of likely N-dealkylation sites (tertiary alicyclic amines) is 1. The zero-order valence-electron chi connectivity index (χ0n) is 18.5. The van der Waals surface area contributed by atoms with E-state index >= 15 is 0 Å². The SMILES string of the molecule is O=C(ON(Cc1ccccc1)S(=O)(=O)c1ccc(Oc2ccc(Cl)cc2)cc1)N1CCCCC1. The maximum absolute atomic E-state index is 13.4. The van der Waals surface area contributed by atoms with Crippen molar-refractivity contribution in [3.8, 4) is 11.5 Å². The summed E-state index contributed by atoms with van der Waals surface area (Å²) < 4.78 is 33.4. The van der Waals surface area contributed by atoms with Gasteiger partial charge in [-0.05, 0) is 77.8 Å². The van der Waals surface area contributed by atoms with Crippen molar-refractivity contribution in [1.29, 1.82) is 0 Å². The molecule has 1 aliphatic rings. The monoisotopic (exact) mass is 500 g/mol. The van der Waals surface area contributed by atoms with Crippen LogP contribution in [0, 0.1) is 0 Å². The largest absolute Gasteiger partial charge is 0.457 e. The van der Waals surface area contributed by atoms with E-state index in [1.165, 1.54) is 12.1 Å². The Labute approximate surface area is 204 Å². The number of hydrogen-bond acceptors (Lipinski definition) is 5. The van der Waals surface area contributed by atoms with Crippen LogP contribution in [0.3, 0.4) is 0 Å². The lowest BCUT2D eigenvalue weighted by atomic mass is 10.1. The second kappa shape index (κ2) is 10.9. The molecule has 1 fully saturated rings. The number of rotatable bonds is 7. The molecule has 0 unspecified atom stereocenters. The second-order valence-corrected chi connectivity index (χ2v) is 10.1. The Morgan fingerprint density at radius 1 is 0.853 bits per heavy atom. The number of carbonyl (C=O) groups excluding carboxylic acids is 1. The van der Waals surface area contributed by atoms with E-state index in [-0.39, 0.29) is 11.4 Å². The molecule has 0 radical (unpaired) electrons. The fourth-order valence-electron chi connectivity index (χ4n) is 3.56. The first-order valence-electron chi connectivity index (χ1n) is 11.0. The molecule has 1 aliphatic heterocycles. The number of benzene rings is 3. The van der Waals surface area contributed by atoms with Crippen molar-refractivity contribution in [2.45, 2.75) is 30.7 Å². The first-order valence-corrected chi connectivity index (χ1v) is 12.8. The van der Waals surface area contributed by atoms with Crippen LogP contribution in [0.2, 0.25) is 5.02 Å². The van der Waals surface area contributed by atoms with Crippen molar-refractivity contribution in [2.24, 2.45) is 0 Å². The summed E-state index contributed by atoms with van der Waals surface area (Å²) >= 11 is 5.89. The first-order chi connectivity index (χ1) is 16.4. The van der Waals surface area contributed by atoms with Crippen LogP contribution in [0.5, 0.6) is 11.5 Å². The maximum Gasteiger partial charge on any atom is 0.429 e. The third-order valence-corrected chi connectivity index (χ3v) is 7.25. The predicted molar refractivity (Wildman–Crippen MR) is 129 cm³/mol. The van der Waals surface area contributed by atoms with E-state index < -0.39 is 16.1 Å². The van der Waals surface area contributed by atoms with Gasteiger partial charge in [-0.2, -0.15) is 0 Å². The number of ether oxygens (including phenoxy) is 1. The molecule has 0 aliphatic carbocycles. The number of nitrogens with zero attached hydrogens (tertiary/aromatic N) is 2. The van der Waals surface area contributed by atoms with Gasteiger partial charge in [0.25, 0.3) is 10.0 Å². The molecule has 1 saturated heterocycles. The molecule has 0 spiro atoms. The van der Waals surface area contributed by atoms with Crippen molar-refractivity contribution in [2.75, 3.05) is 13.1 Å². The second-order valence-electron chi connectivity index (χ2n) is 7.88. The molecule has 3 aromatic rings. The lowest BCUT2D eigenvalue weighted by molar-refractivity contribution is -0.0485. The van der Waals surface area contributed by atoms with Gasteiger partial charge in [0.05, 0.1) is 11.4 Å².